The van der Waals surface area contributed by atoms with E-state index in [9.17, 15) is 4.79 Å². The molecular formula is C19H17N2O+. The average Bonchev–Trinajstić information content (AvgIpc) is 2.58. The van der Waals surface area contributed by atoms with Gasteiger partial charge in [-0.3, -0.25) is 4.79 Å². The number of aromatic nitrogens is 1. The molecule has 0 bridgehead atoms. The molecule has 0 aliphatic rings. The molecule has 3 heteroatoms. The molecule has 22 heavy (non-hydrogen) atoms. The summed E-state index contributed by atoms with van der Waals surface area (Å²) in [7, 11) is 0. The topological polar surface area (TPSA) is 33.0 Å². The van der Waals surface area contributed by atoms with Gasteiger partial charge in [0.1, 0.15) is 0 Å². The first kappa shape index (κ1) is 14.0. The summed E-state index contributed by atoms with van der Waals surface area (Å²) in [4.78, 5) is 10.4. The first-order valence-electron chi connectivity index (χ1n) is 7.19. The van der Waals surface area contributed by atoms with Crippen molar-refractivity contribution in [2.45, 2.75) is 6.54 Å². The lowest BCUT2D eigenvalue weighted by atomic mass is 10.1. The van der Waals surface area contributed by atoms with Gasteiger partial charge in [0.25, 0.3) is 0 Å². The summed E-state index contributed by atoms with van der Waals surface area (Å²) in [6, 6.07) is 22.4. The fraction of sp³-hybridized carbons (Fsp3) is 0.0526. The highest BCUT2D eigenvalue weighted by molar-refractivity contribution is 5.71. The summed E-state index contributed by atoms with van der Waals surface area (Å²) < 4.78 is 2.13. The number of pyridine rings is 1. The lowest BCUT2D eigenvalue weighted by Gasteiger charge is -2.02. The molecule has 3 rings (SSSR count). The number of carbonyl (C=O) groups is 1. The first-order chi connectivity index (χ1) is 10.8. The number of hydrogen-bond donors (Lipinski definition) is 1. The predicted octanol–water partition coefficient (Wildman–Crippen LogP) is 3.26. The molecule has 0 atom stereocenters. The Kier molecular flexibility index (Phi) is 4.25. The van der Waals surface area contributed by atoms with Crippen LogP contribution in [-0.4, -0.2) is 6.41 Å². The van der Waals surface area contributed by atoms with Gasteiger partial charge in [-0.2, -0.15) is 0 Å². The third-order valence-electron chi connectivity index (χ3n) is 3.54. The van der Waals surface area contributed by atoms with E-state index >= 15 is 0 Å². The molecule has 0 aliphatic carbocycles. The Morgan fingerprint density at radius 1 is 0.818 bits per heavy atom. The van der Waals surface area contributed by atoms with E-state index in [0.29, 0.717) is 6.41 Å². The second-order valence-corrected chi connectivity index (χ2v) is 5.08. The van der Waals surface area contributed by atoms with Crippen molar-refractivity contribution in [2.24, 2.45) is 0 Å². The average molecular weight is 289 g/mol. The zero-order valence-corrected chi connectivity index (χ0v) is 12.1. The van der Waals surface area contributed by atoms with Crippen molar-refractivity contribution in [3.05, 3.63) is 84.7 Å². The number of hydrogen-bond acceptors (Lipinski definition) is 1. The highest BCUT2D eigenvalue weighted by Gasteiger charge is 2.04. The van der Waals surface area contributed by atoms with Crippen LogP contribution in [0, 0.1) is 0 Å². The van der Waals surface area contributed by atoms with E-state index in [-0.39, 0.29) is 0 Å². The second kappa shape index (κ2) is 6.68. The normalized spacial score (nSPS) is 10.2. The second-order valence-electron chi connectivity index (χ2n) is 5.08. The smallest absolute Gasteiger partial charge is 0.211 e. The van der Waals surface area contributed by atoms with Crippen molar-refractivity contribution in [1.82, 2.24) is 0 Å². The molecular weight excluding hydrogens is 272 g/mol. The SMILES string of the molecule is O=CNc1ccc(C[n+]2ccc(-c3ccccc3)cc2)cc1. The number of anilines is 1. The fourth-order valence-corrected chi connectivity index (χ4v) is 2.37. The quantitative estimate of drug-likeness (QED) is 0.567. The van der Waals surface area contributed by atoms with E-state index in [1.165, 1.54) is 16.7 Å². The van der Waals surface area contributed by atoms with Crippen molar-refractivity contribution < 1.29 is 9.36 Å². The molecule has 1 N–H and O–H groups in total. The van der Waals surface area contributed by atoms with Gasteiger partial charge in [0.2, 0.25) is 6.41 Å². The molecule has 0 spiro atoms. The number of rotatable bonds is 5. The number of benzene rings is 2. The van der Waals surface area contributed by atoms with E-state index < -0.39 is 0 Å². The first-order valence-corrected chi connectivity index (χ1v) is 7.19. The Hall–Kier alpha value is -2.94. The number of carbonyl (C=O) groups excluding carboxylic acids is 1. The van der Waals surface area contributed by atoms with Crippen LogP contribution < -0.4 is 9.88 Å². The van der Waals surface area contributed by atoms with Crippen LogP contribution in [-0.2, 0) is 11.3 Å². The summed E-state index contributed by atoms with van der Waals surface area (Å²) in [5.74, 6) is 0. The Balaban J connectivity index is 1.72. The standard InChI is InChI=1S/C19H16N2O/c22-15-20-19-8-6-16(7-9-19)14-21-12-10-18(11-13-21)17-4-2-1-3-5-17/h1-13,15H,14H2/p+1. The third-order valence-corrected chi connectivity index (χ3v) is 3.54. The molecule has 0 fully saturated rings. The Labute approximate surface area is 129 Å². The van der Waals surface area contributed by atoms with Crippen LogP contribution in [0.3, 0.4) is 0 Å². The maximum Gasteiger partial charge on any atom is 0.211 e. The molecule has 0 radical (unpaired) electrons. The van der Waals surface area contributed by atoms with Crippen LogP contribution in [0.2, 0.25) is 0 Å². The largest absolute Gasteiger partial charge is 0.329 e. The van der Waals surface area contributed by atoms with Crippen LogP contribution in [0.4, 0.5) is 5.69 Å². The van der Waals surface area contributed by atoms with Crippen molar-refractivity contribution >= 4 is 12.1 Å². The van der Waals surface area contributed by atoms with Gasteiger partial charge in [-0.15, -0.1) is 0 Å². The molecule has 0 unspecified atom stereocenters. The minimum Gasteiger partial charge on any atom is -0.329 e. The van der Waals surface area contributed by atoms with Crippen molar-refractivity contribution in [3.63, 3.8) is 0 Å². The van der Waals surface area contributed by atoms with Gasteiger partial charge in [-0.1, -0.05) is 42.5 Å². The zero-order chi connectivity index (χ0) is 15.2. The van der Waals surface area contributed by atoms with Crippen molar-refractivity contribution in [3.8, 4) is 11.1 Å². The predicted molar refractivity (Wildman–Crippen MR) is 87.3 cm³/mol. The summed E-state index contributed by atoms with van der Waals surface area (Å²) in [5.41, 5.74) is 4.43. The number of amides is 1. The lowest BCUT2D eigenvalue weighted by molar-refractivity contribution is -0.688. The Morgan fingerprint density at radius 2 is 1.45 bits per heavy atom. The van der Waals surface area contributed by atoms with Crippen LogP contribution in [0.15, 0.2) is 79.1 Å². The summed E-state index contributed by atoms with van der Waals surface area (Å²) >= 11 is 0. The molecule has 0 saturated heterocycles. The van der Waals surface area contributed by atoms with Crippen LogP contribution in [0.1, 0.15) is 5.56 Å². The van der Waals surface area contributed by atoms with Gasteiger partial charge < -0.3 is 5.32 Å². The Morgan fingerprint density at radius 3 is 2.09 bits per heavy atom. The minimum atomic E-state index is 0.687. The molecule has 1 heterocycles. The zero-order valence-electron chi connectivity index (χ0n) is 12.1. The lowest BCUT2D eigenvalue weighted by Crippen LogP contribution is -2.32. The van der Waals surface area contributed by atoms with Crippen LogP contribution in [0.25, 0.3) is 11.1 Å². The molecule has 3 nitrogen and oxygen atoms in total. The van der Waals surface area contributed by atoms with Gasteiger partial charge in [0, 0.05) is 23.4 Å². The van der Waals surface area contributed by atoms with Gasteiger partial charge in [0.15, 0.2) is 18.9 Å². The maximum atomic E-state index is 10.4. The highest BCUT2D eigenvalue weighted by Crippen LogP contribution is 2.16. The molecule has 3 aromatic rings. The van der Waals surface area contributed by atoms with Crippen molar-refractivity contribution in [1.29, 1.82) is 0 Å². The van der Waals surface area contributed by atoms with Gasteiger partial charge in [-0.25, -0.2) is 4.57 Å². The molecule has 0 saturated carbocycles. The minimum absolute atomic E-state index is 0.687. The summed E-state index contributed by atoms with van der Waals surface area (Å²) in [5, 5.41) is 2.64. The number of nitrogens with zero attached hydrogens (tertiary/aromatic N) is 1. The van der Waals surface area contributed by atoms with E-state index in [1.807, 2.05) is 42.5 Å². The van der Waals surface area contributed by atoms with Gasteiger partial charge in [0.05, 0.1) is 0 Å². The van der Waals surface area contributed by atoms with Crippen molar-refractivity contribution in [2.75, 3.05) is 5.32 Å². The van der Waals surface area contributed by atoms with Crippen LogP contribution >= 0.6 is 0 Å². The van der Waals surface area contributed by atoms with Gasteiger partial charge in [-0.05, 0) is 23.3 Å². The fourth-order valence-electron chi connectivity index (χ4n) is 2.37. The monoisotopic (exact) mass is 289 g/mol. The van der Waals surface area contributed by atoms with E-state index in [4.69, 9.17) is 0 Å². The molecule has 1 amide bonds. The van der Waals surface area contributed by atoms with E-state index in [0.717, 1.165) is 12.2 Å². The number of nitrogens with one attached hydrogen (secondary N) is 1. The molecule has 0 aliphatic heterocycles. The maximum absolute atomic E-state index is 10.4. The van der Waals surface area contributed by atoms with E-state index in [1.54, 1.807) is 0 Å². The molecule has 108 valence electrons. The van der Waals surface area contributed by atoms with Gasteiger partial charge >= 0.3 is 0 Å². The van der Waals surface area contributed by atoms with E-state index in [2.05, 4.69) is 46.5 Å². The van der Waals surface area contributed by atoms with Crippen LogP contribution in [0.5, 0.6) is 0 Å². The Bertz CT molecular complexity index is 735. The molecule has 1 aromatic heterocycles. The summed E-state index contributed by atoms with van der Waals surface area (Å²) in [6.45, 7) is 0.802. The highest BCUT2D eigenvalue weighted by atomic mass is 16.1. The third kappa shape index (κ3) is 3.38. The summed E-state index contributed by atoms with van der Waals surface area (Å²) in [6.07, 6.45) is 4.85. The molecule has 2 aromatic carbocycles.